The predicted octanol–water partition coefficient (Wildman–Crippen LogP) is 6.12. The zero-order valence-corrected chi connectivity index (χ0v) is 14.5. The highest BCUT2D eigenvalue weighted by Crippen LogP contribution is 2.21. The molecule has 0 radical (unpaired) electrons. The summed E-state index contributed by atoms with van der Waals surface area (Å²) in [6.45, 7) is 9.41. The molecule has 0 aliphatic rings. The van der Waals surface area contributed by atoms with Crippen LogP contribution in [0, 0.1) is 11.8 Å². The van der Waals surface area contributed by atoms with E-state index in [2.05, 4.69) is 27.7 Å². The van der Waals surface area contributed by atoms with E-state index in [9.17, 15) is 0 Å². The molecule has 0 bridgehead atoms. The summed E-state index contributed by atoms with van der Waals surface area (Å²) in [7, 11) is 0. The second-order valence-corrected chi connectivity index (χ2v) is 6.76. The van der Waals surface area contributed by atoms with Crippen molar-refractivity contribution < 1.29 is 5.11 Å². The van der Waals surface area contributed by atoms with Gasteiger partial charge in [-0.05, 0) is 31.6 Å². The fraction of sp³-hybridized carbons (Fsp3) is 0.895. The molecule has 0 aliphatic carbocycles. The number of aliphatic hydroxyl groups excluding tert-OH is 1. The van der Waals surface area contributed by atoms with Crippen LogP contribution in [0.2, 0.25) is 0 Å². The summed E-state index contributed by atoms with van der Waals surface area (Å²) in [5, 5.41) is 8.81. The van der Waals surface area contributed by atoms with E-state index in [0.717, 1.165) is 18.3 Å². The van der Waals surface area contributed by atoms with Gasteiger partial charge in [0.1, 0.15) is 0 Å². The van der Waals surface area contributed by atoms with Gasteiger partial charge in [0.25, 0.3) is 0 Å². The Kier molecular flexibility index (Phi) is 13.5. The maximum Gasteiger partial charge on any atom is 0.0614 e. The second kappa shape index (κ2) is 13.7. The Balaban J connectivity index is 3.48. The lowest BCUT2D eigenvalue weighted by atomic mass is 9.92. The first-order valence-corrected chi connectivity index (χ1v) is 8.86. The van der Waals surface area contributed by atoms with Gasteiger partial charge in [0.2, 0.25) is 0 Å². The SMILES string of the molecule is CCCCC[C@@H](C)CCC[C@@H](C)CCC/C(C)=C/CO. The van der Waals surface area contributed by atoms with Crippen molar-refractivity contribution in [3.8, 4) is 0 Å². The molecule has 2 atom stereocenters. The summed E-state index contributed by atoms with van der Waals surface area (Å²) < 4.78 is 0. The lowest BCUT2D eigenvalue weighted by Gasteiger charge is -2.14. The third-order valence-corrected chi connectivity index (χ3v) is 4.40. The molecule has 0 fully saturated rings. The summed E-state index contributed by atoms with van der Waals surface area (Å²) >= 11 is 0. The maximum absolute atomic E-state index is 8.81. The summed E-state index contributed by atoms with van der Waals surface area (Å²) in [5.41, 5.74) is 1.34. The van der Waals surface area contributed by atoms with Gasteiger partial charge in [-0.1, -0.05) is 83.8 Å². The van der Waals surface area contributed by atoms with Crippen LogP contribution in [-0.2, 0) is 0 Å². The molecule has 1 nitrogen and oxygen atoms in total. The number of unbranched alkanes of at least 4 members (excludes halogenated alkanes) is 2. The molecule has 0 spiro atoms. The topological polar surface area (TPSA) is 20.2 Å². The van der Waals surface area contributed by atoms with Crippen molar-refractivity contribution in [3.63, 3.8) is 0 Å². The second-order valence-electron chi connectivity index (χ2n) is 6.76. The van der Waals surface area contributed by atoms with Crippen LogP contribution in [0.25, 0.3) is 0 Å². The van der Waals surface area contributed by atoms with Crippen molar-refractivity contribution in [1.82, 2.24) is 0 Å². The fourth-order valence-electron chi connectivity index (χ4n) is 2.83. The molecule has 0 amide bonds. The molecule has 0 unspecified atom stereocenters. The van der Waals surface area contributed by atoms with E-state index < -0.39 is 0 Å². The molecule has 1 heteroatoms. The van der Waals surface area contributed by atoms with Gasteiger partial charge >= 0.3 is 0 Å². The van der Waals surface area contributed by atoms with Crippen molar-refractivity contribution in [2.75, 3.05) is 6.61 Å². The van der Waals surface area contributed by atoms with Gasteiger partial charge in [0, 0.05) is 0 Å². The molecule has 0 heterocycles. The van der Waals surface area contributed by atoms with E-state index in [1.807, 2.05) is 6.08 Å². The molecule has 0 saturated carbocycles. The van der Waals surface area contributed by atoms with E-state index in [1.165, 1.54) is 63.4 Å². The quantitative estimate of drug-likeness (QED) is 0.319. The first kappa shape index (κ1) is 19.7. The van der Waals surface area contributed by atoms with Gasteiger partial charge in [-0.25, -0.2) is 0 Å². The average molecular weight is 283 g/mol. The van der Waals surface area contributed by atoms with Crippen molar-refractivity contribution in [2.45, 2.75) is 91.9 Å². The van der Waals surface area contributed by atoms with Gasteiger partial charge in [0.15, 0.2) is 0 Å². The van der Waals surface area contributed by atoms with E-state index in [4.69, 9.17) is 5.11 Å². The smallest absolute Gasteiger partial charge is 0.0614 e. The molecule has 0 aromatic carbocycles. The molecule has 120 valence electrons. The van der Waals surface area contributed by atoms with Crippen LogP contribution in [0.1, 0.15) is 91.9 Å². The first-order valence-electron chi connectivity index (χ1n) is 8.86. The lowest BCUT2D eigenvalue weighted by Crippen LogP contribution is -1.99. The third kappa shape index (κ3) is 12.7. The molecular formula is C19H38O. The zero-order chi connectivity index (χ0) is 15.2. The van der Waals surface area contributed by atoms with E-state index >= 15 is 0 Å². The highest BCUT2D eigenvalue weighted by atomic mass is 16.2. The molecule has 0 aromatic rings. The number of allylic oxidation sites excluding steroid dienone is 1. The van der Waals surface area contributed by atoms with Crippen LogP contribution in [-0.4, -0.2) is 11.7 Å². The zero-order valence-electron chi connectivity index (χ0n) is 14.5. The summed E-state index contributed by atoms with van der Waals surface area (Å²) in [5.74, 6) is 1.78. The predicted molar refractivity (Wildman–Crippen MR) is 91.0 cm³/mol. The summed E-state index contributed by atoms with van der Waals surface area (Å²) in [4.78, 5) is 0. The monoisotopic (exact) mass is 282 g/mol. The fourth-order valence-corrected chi connectivity index (χ4v) is 2.83. The van der Waals surface area contributed by atoms with Crippen LogP contribution in [0.3, 0.4) is 0 Å². The number of aliphatic hydroxyl groups is 1. The maximum atomic E-state index is 8.81. The number of hydrogen-bond acceptors (Lipinski definition) is 1. The minimum absolute atomic E-state index is 0.192. The van der Waals surface area contributed by atoms with Crippen LogP contribution in [0.5, 0.6) is 0 Å². The molecule has 0 aliphatic heterocycles. The van der Waals surface area contributed by atoms with Crippen molar-refractivity contribution in [1.29, 1.82) is 0 Å². The summed E-state index contributed by atoms with van der Waals surface area (Å²) in [6.07, 6.45) is 15.5. The highest BCUT2D eigenvalue weighted by molar-refractivity contribution is 4.97. The first-order chi connectivity index (χ1) is 9.60. The van der Waals surface area contributed by atoms with Gasteiger partial charge in [0.05, 0.1) is 6.61 Å². The summed E-state index contributed by atoms with van der Waals surface area (Å²) in [6, 6.07) is 0. The van der Waals surface area contributed by atoms with Crippen molar-refractivity contribution >= 4 is 0 Å². The van der Waals surface area contributed by atoms with Crippen LogP contribution < -0.4 is 0 Å². The minimum atomic E-state index is 0.192. The Bertz CT molecular complexity index is 232. The molecule has 20 heavy (non-hydrogen) atoms. The Morgan fingerprint density at radius 2 is 1.45 bits per heavy atom. The van der Waals surface area contributed by atoms with Gasteiger partial charge < -0.3 is 5.11 Å². The standard InChI is InChI=1S/C19H38O/c1-5-6-7-10-17(2)11-8-12-18(3)13-9-14-19(4)15-16-20/h15,17-18,20H,5-14,16H2,1-4H3/b19-15+/t17-,18-/m1/s1. The third-order valence-electron chi connectivity index (χ3n) is 4.40. The van der Waals surface area contributed by atoms with E-state index in [1.54, 1.807) is 0 Å². The van der Waals surface area contributed by atoms with Crippen molar-refractivity contribution in [3.05, 3.63) is 11.6 Å². The molecular weight excluding hydrogens is 244 g/mol. The minimum Gasteiger partial charge on any atom is -0.392 e. The van der Waals surface area contributed by atoms with Crippen LogP contribution in [0.4, 0.5) is 0 Å². The Hall–Kier alpha value is -0.300. The normalized spacial score (nSPS) is 15.3. The van der Waals surface area contributed by atoms with Crippen LogP contribution in [0.15, 0.2) is 11.6 Å². The van der Waals surface area contributed by atoms with Gasteiger partial charge in [-0.15, -0.1) is 0 Å². The largest absolute Gasteiger partial charge is 0.392 e. The Labute approximate surface area is 127 Å². The Morgan fingerprint density at radius 3 is 2.00 bits per heavy atom. The van der Waals surface area contributed by atoms with Crippen molar-refractivity contribution in [2.24, 2.45) is 11.8 Å². The lowest BCUT2D eigenvalue weighted by molar-refractivity contribution is 0.341. The van der Waals surface area contributed by atoms with E-state index in [-0.39, 0.29) is 6.61 Å². The molecule has 0 rings (SSSR count). The molecule has 0 saturated heterocycles. The molecule has 1 N–H and O–H groups in total. The van der Waals surface area contributed by atoms with E-state index in [0.29, 0.717) is 0 Å². The number of hydrogen-bond donors (Lipinski definition) is 1. The average Bonchev–Trinajstić information content (AvgIpc) is 2.39. The number of rotatable bonds is 13. The van der Waals surface area contributed by atoms with Crippen LogP contribution >= 0.6 is 0 Å². The Morgan fingerprint density at radius 1 is 0.900 bits per heavy atom. The molecule has 0 aromatic heterocycles. The van der Waals surface area contributed by atoms with Gasteiger partial charge in [-0.3, -0.25) is 0 Å². The highest BCUT2D eigenvalue weighted by Gasteiger charge is 2.05. The van der Waals surface area contributed by atoms with Gasteiger partial charge in [-0.2, -0.15) is 0 Å².